The maximum Gasteiger partial charge on any atom is 0.262 e. The van der Waals surface area contributed by atoms with E-state index in [4.69, 9.17) is 21.6 Å². The first-order valence-corrected chi connectivity index (χ1v) is 8.69. The zero-order valence-corrected chi connectivity index (χ0v) is 15.0. The molecule has 0 aliphatic rings. The van der Waals surface area contributed by atoms with Gasteiger partial charge >= 0.3 is 0 Å². The van der Waals surface area contributed by atoms with Crippen LogP contribution in [-0.2, 0) is 4.79 Å². The average Bonchev–Trinajstić information content (AvgIpc) is 2.59. The van der Waals surface area contributed by atoms with Crippen LogP contribution in [0.2, 0.25) is 5.02 Å². The van der Waals surface area contributed by atoms with Crippen molar-refractivity contribution in [2.24, 2.45) is 0 Å². The van der Waals surface area contributed by atoms with Gasteiger partial charge in [-0.05, 0) is 37.3 Å². The van der Waals surface area contributed by atoms with Gasteiger partial charge in [-0.2, -0.15) is 5.26 Å². The van der Waals surface area contributed by atoms with Gasteiger partial charge in [0.25, 0.3) is 5.91 Å². The highest BCUT2D eigenvalue weighted by atomic mass is 35.5. The fraction of sp³-hybridized carbons (Fsp3) is 0.167. The van der Waals surface area contributed by atoms with Crippen LogP contribution >= 0.6 is 23.4 Å². The van der Waals surface area contributed by atoms with Crippen LogP contribution < -0.4 is 10.1 Å². The second-order valence-electron chi connectivity index (χ2n) is 4.98. The molecule has 1 N–H and O–H groups in total. The topological polar surface area (TPSA) is 79.2 Å². The Balaban J connectivity index is 2.03. The van der Waals surface area contributed by atoms with Gasteiger partial charge in [0.2, 0.25) is 0 Å². The average molecular weight is 375 g/mol. The Hall–Kier alpha value is -2.49. The molecule has 2 aromatic carbocycles. The van der Waals surface area contributed by atoms with Crippen molar-refractivity contribution in [2.75, 3.05) is 17.7 Å². The van der Waals surface area contributed by atoms with Crippen molar-refractivity contribution in [1.82, 2.24) is 0 Å². The first-order chi connectivity index (χ1) is 12.0. The van der Waals surface area contributed by atoms with E-state index in [1.807, 2.05) is 18.2 Å². The molecule has 0 bridgehead atoms. The van der Waals surface area contributed by atoms with E-state index in [1.54, 1.807) is 24.3 Å². The number of nitrogens with one attached hydrogen (secondary N) is 1. The summed E-state index contributed by atoms with van der Waals surface area (Å²) in [6, 6.07) is 13.9. The number of amides is 1. The molecular formula is C18H15ClN2O3S. The Kier molecular flexibility index (Phi) is 6.87. The molecule has 7 heteroatoms. The predicted octanol–water partition coefficient (Wildman–Crippen LogP) is 4.18. The van der Waals surface area contributed by atoms with Crippen LogP contribution in [0.25, 0.3) is 0 Å². The number of rotatable bonds is 7. The minimum Gasteiger partial charge on any atom is -0.483 e. The number of benzene rings is 2. The summed E-state index contributed by atoms with van der Waals surface area (Å²) in [4.78, 5) is 24.6. The second-order valence-corrected chi connectivity index (χ2v) is 6.43. The summed E-state index contributed by atoms with van der Waals surface area (Å²) in [5.74, 6) is 0.0284. The number of ether oxygens (including phenoxy) is 1. The normalized spacial score (nSPS) is 9.96. The number of nitriles is 1. The maximum atomic E-state index is 12.1. The number of Topliss-reactive ketones (excluding diaryl/α,β-unsaturated/α-hetero) is 1. The minimum atomic E-state index is -0.366. The molecule has 0 atom stereocenters. The monoisotopic (exact) mass is 374 g/mol. The fourth-order valence-corrected chi connectivity index (χ4v) is 2.88. The molecule has 128 valence electrons. The standard InChI is InChI=1S/C18H15ClN2O3S/c1-12(22)14-10-13(19)6-7-16(14)24-11-18(23)21-15-4-2-3-5-17(15)25-9-8-20/h2-7,10H,9,11H2,1H3,(H,21,23). The van der Waals surface area contributed by atoms with Crippen molar-refractivity contribution >= 4 is 40.7 Å². The molecule has 0 aliphatic carbocycles. The molecule has 0 unspecified atom stereocenters. The number of hydrogen-bond donors (Lipinski definition) is 1. The number of hydrogen-bond acceptors (Lipinski definition) is 5. The summed E-state index contributed by atoms with van der Waals surface area (Å²) >= 11 is 7.21. The van der Waals surface area contributed by atoms with Crippen molar-refractivity contribution in [1.29, 1.82) is 5.26 Å². The van der Waals surface area contributed by atoms with Gasteiger partial charge in [-0.3, -0.25) is 9.59 Å². The third-order valence-electron chi connectivity index (χ3n) is 3.13. The summed E-state index contributed by atoms with van der Waals surface area (Å²) in [5.41, 5.74) is 0.935. The van der Waals surface area contributed by atoms with Crippen molar-refractivity contribution in [3.05, 3.63) is 53.1 Å². The van der Waals surface area contributed by atoms with Crippen molar-refractivity contribution in [3.8, 4) is 11.8 Å². The van der Waals surface area contributed by atoms with E-state index < -0.39 is 0 Å². The Morgan fingerprint density at radius 1 is 1.28 bits per heavy atom. The van der Waals surface area contributed by atoms with E-state index in [0.717, 1.165) is 4.90 Å². The van der Waals surface area contributed by atoms with E-state index in [1.165, 1.54) is 24.8 Å². The quantitative estimate of drug-likeness (QED) is 0.581. The molecular weight excluding hydrogens is 360 g/mol. The number of carbonyl (C=O) groups is 2. The zero-order valence-electron chi connectivity index (χ0n) is 13.4. The SMILES string of the molecule is CC(=O)c1cc(Cl)ccc1OCC(=O)Nc1ccccc1SCC#N. The van der Waals surface area contributed by atoms with Gasteiger partial charge in [0.1, 0.15) is 5.75 Å². The van der Waals surface area contributed by atoms with Crippen LogP contribution in [0.3, 0.4) is 0 Å². The van der Waals surface area contributed by atoms with Crippen LogP contribution in [0.5, 0.6) is 5.75 Å². The third kappa shape index (κ3) is 5.52. The largest absolute Gasteiger partial charge is 0.483 e. The Morgan fingerprint density at radius 2 is 2.04 bits per heavy atom. The van der Waals surface area contributed by atoms with Crippen LogP contribution in [-0.4, -0.2) is 24.1 Å². The molecule has 0 fully saturated rings. The molecule has 5 nitrogen and oxygen atoms in total. The van der Waals surface area contributed by atoms with Gasteiger partial charge in [0, 0.05) is 9.92 Å². The van der Waals surface area contributed by atoms with Crippen LogP contribution in [0, 0.1) is 11.3 Å². The van der Waals surface area contributed by atoms with Crippen molar-refractivity contribution < 1.29 is 14.3 Å². The Bertz CT molecular complexity index is 833. The molecule has 1 amide bonds. The van der Waals surface area contributed by atoms with Gasteiger partial charge in [0.15, 0.2) is 12.4 Å². The Morgan fingerprint density at radius 3 is 2.76 bits per heavy atom. The van der Waals surface area contributed by atoms with Crippen LogP contribution in [0.1, 0.15) is 17.3 Å². The lowest BCUT2D eigenvalue weighted by Gasteiger charge is -2.12. The number of para-hydroxylation sites is 1. The van der Waals surface area contributed by atoms with E-state index in [9.17, 15) is 9.59 Å². The number of halogens is 1. The highest BCUT2D eigenvalue weighted by Crippen LogP contribution is 2.27. The summed E-state index contributed by atoms with van der Waals surface area (Å²) in [5, 5.41) is 11.9. The van der Waals surface area contributed by atoms with Gasteiger partial charge in [0.05, 0.1) is 23.1 Å². The molecule has 0 spiro atoms. The highest BCUT2D eigenvalue weighted by Gasteiger charge is 2.12. The second kappa shape index (κ2) is 9.11. The van der Waals surface area contributed by atoms with Crippen molar-refractivity contribution in [3.63, 3.8) is 0 Å². The lowest BCUT2D eigenvalue weighted by atomic mass is 10.1. The van der Waals surface area contributed by atoms with Crippen molar-refractivity contribution in [2.45, 2.75) is 11.8 Å². The zero-order chi connectivity index (χ0) is 18.2. The number of ketones is 1. The van der Waals surface area contributed by atoms with E-state index in [0.29, 0.717) is 22.0 Å². The van der Waals surface area contributed by atoms with Gasteiger partial charge in [-0.1, -0.05) is 23.7 Å². The lowest BCUT2D eigenvalue weighted by molar-refractivity contribution is -0.118. The molecule has 2 rings (SSSR count). The number of thioether (sulfide) groups is 1. The Labute approximate surface area is 154 Å². The first kappa shape index (κ1) is 18.8. The van der Waals surface area contributed by atoms with E-state index in [-0.39, 0.29) is 24.1 Å². The molecule has 0 radical (unpaired) electrons. The third-order valence-corrected chi connectivity index (χ3v) is 4.31. The van der Waals surface area contributed by atoms with Gasteiger partial charge < -0.3 is 10.1 Å². The maximum absolute atomic E-state index is 12.1. The predicted molar refractivity (Wildman–Crippen MR) is 98.4 cm³/mol. The molecule has 0 saturated heterocycles. The summed E-state index contributed by atoms with van der Waals surface area (Å²) in [6.07, 6.45) is 0. The molecule has 0 aliphatic heterocycles. The lowest BCUT2D eigenvalue weighted by Crippen LogP contribution is -2.21. The van der Waals surface area contributed by atoms with Crippen LogP contribution in [0.15, 0.2) is 47.4 Å². The summed E-state index contributed by atoms with van der Waals surface area (Å²) in [6.45, 7) is 1.15. The molecule has 0 saturated carbocycles. The molecule has 0 heterocycles. The van der Waals surface area contributed by atoms with Gasteiger partial charge in [-0.25, -0.2) is 0 Å². The number of carbonyl (C=O) groups excluding carboxylic acids is 2. The minimum absolute atomic E-state index is 0.198. The van der Waals surface area contributed by atoms with Crippen LogP contribution in [0.4, 0.5) is 5.69 Å². The summed E-state index contributed by atoms with van der Waals surface area (Å²) < 4.78 is 5.46. The highest BCUT2D eigenvalue weighted by molar-refractivity contribution is 7.99. The number of anilines is 1. The molecule has 0 aromatic heterocycles. The molecule has 25 heavy (non-hydrogen) atoms. The van der Waals surface area contributed by atoms with Gasteiger partial charge in [-0.15, -0.1) is 11.8 Å². The fourth-order valence-electron chi connectivity index (χ4n) is 2.04. The number of nitrogens with zero attached hydrogens (tertiary/aromatic N) is 1. The molecule has 2 aromatic rings. The smallest absolute Gasteiger partial charge is 0.262 e. The first-order valence-electron chi connectivity index (χ1n) is 7.33. The van der Waals surface area contributed by atoms with E-state index in [2.05, 4.69) is 5.32 Å². The summed E-state index contributed by atoms with van der Waals surface area (Å²) in [7, 11) is 0. The van der Waals surface area contributed by atoms with E-state index >= 15 is 0 Å².